The quantitative estimate of drug-likeness (QED) is 0.725. The molecule has 26 heavy (non-hydrogen) atoms. The van der Waals surface area contributed by atoms with Gasteiger partial charge in [-0.3, -0.25) is 9.69 Å². The molecule has 4 saturated heterocycles. The summed E-state index contributed by atoms with van der Waals surface area (Å²) in [6.07, 6.45) is 2.32. The molecule has 0 saturated carbocycles. The van der Waals surface area contributed by atoms with Crippen molar-refractivity contribution in [1.82, 2.24) is 9.80 Å². The van der Waals surface area contributed by atoms with Gasteiger partial charge in [-0.2, -0.15) is 0 Å². The summed E-state index contributed by atoms with van der Waals surface area (Å²) < 4.78 is 23.8. The van der Waals surface area contributed by atoms with Crippen LogP contribution >= 0.6 is 0 Å². The Morgan fingerprint density at radius 2 is 1.88 bits per heavy atom. The number of halogens is 1. The van der Waals surface area contributed by atoms with Crippen molar-refractivity contribution in [2.75, 3.05) is 46.6 Å². The number of fused-ring (bicyclic) bond motifs is 2. The highest BCUT2D eigenvalue weighted by atomic mass is 19.1. The summed E-state index contributed by atoms with van der Waals surface area (Å²) in [4.78, 5) is 17.4. The first-order valence-corrected chi connectivity index (χ1v) is 9.54. The number of amides is 1. The molecule has 4 fully saturated rings. The molecule has 5 nitrogen and oxygen atoms in total. The lowest BCUT2D eigenvalue weighted by Gasteiger charge is -2.51. The second kappa shape index (κ2) is 7.62. The second-order valence-electron chi connectivity index (χ2n) is 7.60. The predicted molar refractivity (Wildman–Crippen MR) is 95.4 cm³/mol. The zero-order valence-corrected chi connectivity index (χ0v) is 15.3. The number of hydrogen-bond donors (Lipinski definition) is 0. The molecule has 0 unspecified atom stereocenters. The third kappa shape index (κ3) is 3.26. The molecule has 1 amide bonds. The molecule has 1 aromatic rings. The standard InChI is InChI=1S/C20H27FN2O3/c1-25-10-11-26-13-18(24)23-12-17(14-2-4-16(21)5-3-14)20-19(23)15-6-8-22(20)9-7-15/h2-5,15,17,19-20H,6-13H2,1H3/t17-,19+,20+/m0/s1. The minimum absolute atomic E-state index is 0.0643. The summed E-state index contributed by atoms with van der Waals surface area (Å²) in [5, 5.41) is 0. The molecule has 6 heteroatoms. The summed E-state index contributed by atoms with van der Waals surface area (Å²) in [6, 6.07) is 7.41. The number of rotatable bonds is 6. The first kappa shape index (κ1) is 17.9. The van der Waals surface area contributed by atoms with Crippen LogP contribution in [-0.2, 0) is 14.3 Å². The zero-order chi connectivity index (χ0) is 18.1. The van der Waals surface area contributed by atoms with Gasteiger partial charge >= 0.3 is 0 Å². The van der Waals surface area contributed by atoms with E-state index >= 15 is 0 Å². The lowest BCUT2D eigenvalue weighted by Crippen LogP contribution is -2.61. The molecule has 5 rings (SSSR count). The highest BCUT2D eigenvalue weighted by Gasteiger charge is 2.54. The molecule has 0 aromatic heterocycles. The Morgan fingerprint density at radius 1 is 1.15 bits per heavy atom. The summed E-state index contributed by atoms with van der Waals surface area (Å²) in [5.74, 6) is 0.660. The number of ether oxygens (including phenoxy) is 2. The summed E-state index contributed by atoms with van der Waals surface area (Å²) >= 11 is 0. The molecule has 1 aromatic carbocycles. The molecular weight excluding hydrogens is 335 g/mol. The maximum absolute atomic E-state index is 13.4. The van der Waals surface area contributed by atoms with Crippen LogP contribution in [0.1, 0.15) is 24.3 Å². The van der Waals surface area contributed by atoms with Crippen molar-refractivity contribution >= 4 is 5.91 Å². The van der Waals surface area contributed by atoms with Crippen LogP contribution in [0.4, 0.5) is 4.39 Å². The first-order valence-electron chi connectivity index (χ1n) is 9.54. The van der Waals surface area contributed by atoms with Crippen molar-refractivity contribution in [2.24, 2.45) is 5.92 Å². The molecule has 0 N–H and O–H groups in total. The predicted octanol–water partition coefficient (Wildman–Crippen LogP) is 1.88. The van der Waals surface area contributed by atoms with Gasteiger partial charge in [0.2, 0.25) is 5.91 Å². The molecule has 4 aliphatic rings. The highest BCUT2D eigenvalue weighted by molar-refractivity contribution is 5.78. The zero-order valence-electron chi connectivity index (χ0n) is 15.3. The molecule has 142 valence electrons. The Labute approximate surface area is 154 Å². The molecule has 4 aliphatic heterocycles. The minimum atomic E-state index is -0.215. The summed E-state index contributed by atoms with van der Waals surface area (Å²) in [7, 11) is 1.62. The van der Waals surface area contributed by atoms with E-state index in [4.69, 9.17) is 9.47 Å². The maximum atomic E-state index is 13.4. The molecular formula is C20H27FN2O3. The molecule has 2 bridgehead atoms. The van der Waals surface area contributed by atoms with E-state index in [-0.39, 0.29) is 30.3 Å². The van der Waals surface area contributed by atoms with E-state index in [1.54, 1.807) is 7.11 Å². The van der Waals surface area contributed by atoms with E-state index in [0.29, 0.717) is 31.7 Å². The van der Waals surface area contributed by atoms with Crippen LogP contribution in [0.15, 0.2) is 24.3 Å². The maximum Gasteiger partial charge on any atom is 0.248 e. The largest absolute Gasteiger partial charge is 0.382 e. The fraction of sp³-hybridized carbons (Fsp3) is 0.650. The number of carbonyl (C=O) groups is 1. The van der Waals surface area contributed by atoms with Gasteiger partial charge in [0.15, 0.2) is 0 Å². The lowest BCUT2D eigenvalue weighted by atomic mass is 9.75. The third-order valence-electron chi connectivity index (χ3n) is 6.27. The van der Waals surface area contributed by atoms with Crippen molar-refractivity contribution < 1.29 is 18.7 Å². The van der Waals surface area contributed by atoms with Crippen LogP contribution < -0.4 is 0 Å². The SMILES string of the molecule is COCCOCC(=O)N1C[C@@H](c2ccc(F)cc2)[C@@H]2[C@H]1C1CCN2CC1. The Morgan fingerprint density at radius 3 is 2.58 bits per heavy atom. The summed E-state index contributed by atoms with van der Waals surface area (Å²) in [6.45, 7) is 3.94. The number of nitrogens with zero attached hydrogens (tertiary/aromatic N) is 2. The van der Waals surface area contributed by atoms with Gasteiger partial charge in [0, 0.05) is 25.6 Å². The smallest absolute Gasteiger partial charge is 0.248 e. The van der Waals surface area contributed by atoms with Crippen molar-refractivity contribution in [2.45, 2.75) is 30.8 Å². The fourth-order valence-corrected chi connectivity index (χ4v) is 5.09. The Hall–Kier alpha value is -1.50. The third-order valence-corrected chi connectivity index (χ3v) is 6.27. The highest BCUT2D eigenvalue weighted by Crippen LogP contribution is 2.46. The van der Waals surface area contributed by atoms with Crippen LogP contribution in [0.2, 0.25) is 0 Å². The monoisotopic (exact) mass is 362 g/mol. The van der Waals surface area contributed by atoms with Crippen LogP contribution in [0.5, 0.6) is 0 Å². The fourth-order valence-electron chi connectivity index (χ4n) is 5.09. The van der Waals surface area contributed by atoms with Crippen molar-refractivity contribution in [3.05, 3.63) is 35.6 Å². The van der Waals surface area contributed by atoms with Gasteiger partial charge in [-0.15, -0.1) is 0 Å². The van der Waals surface area contributed by atoms with Crippen molar-refractivity contribution in [3.8, 4) is 0 Å². The van der Waals surface area contributed by atoms with Gasteiger partial charge in [-0.05, 0) is 49.5 Å². The van der Waals surface area contributed by atoms with Gasteiger partial charge in [0.05, 0.1) is 19.3 Å². The van der Waals surface area contributed by atoms with E-state index in [2.05, 4.69) is 4.90 Å². The number of methoxy groups -OCH3 is 1. The average Bonchev–Trinajstić information content (AvgIpc) is 3.10. The molecule has 0 radical (unpaired) electrons. The van der Waals surface area contributed by atoms with Crippen LogP contribution in [0.25, 0.3) is 0 Å². The first-order chi connectivity index (χ1) is 12.7. The van der Waals surface area contributed by atoms with Gasteiger partial charge in [0.1, 0.15) is 12.4 Å². The van der Waals surface area contributed by atoms with E-state index < -0.39 is 0 Å². The minimum Gasteiger partial charge on any atom is -0.382 e. The van der Waals surface area contributed by atoms with E-state index in [1.165, 1.54) is 12.1 Å². The topological polar surface area (TPSA) is 42.0 Å². The number of carbonyl (C=O) groups excluding carboxylic acids is 1. The van der Waals surface area contributed by atoms with Crippen LogP contribution in [0.3, 0.4) is 0 Å². The Bertz CT molecular complexity index is 630. The van der Waals surface area contributed by atoms with Crippen molar-refractivity contribution in [1.29, 1.82) is 0 Å². The molecule has 0 aliphatic carbocycles. The van der Waals surface area contributed by atoms with Crippen molar-refractivity contribution in [3.63, 3.8) is 0 Å². The average molecular weight is 362 g/mol. The number of likely N-dealkylation sites (tertiary alicyclic amines) is 1. The van der Waals surface area contributed by atoms with E-state index in [0.717, 1.165) is 31.5 Å². The van der Waals surface area contributed by atoms with Crippen LogP contribution in [0, 0.1) is 11.7 Å². The molecule has 3 atom stereocenters. The van der Waals surface area contributed by atoms with Gasteiger partial charge < -0.3 is 14.4 Å². The van der Waals surface area contributed by atoms with Gasteiger partial charge in [-0.1, -0.05) is 12.1 Å². The lowest BCUT2D eigenvalue weighted by molar-refractivity contribution is -0.141. The molecule has 0 spiro atoms. The van der Waals surface area contributed by atoms with E-state index in [9.17, 15) is 9.18 Å². The van der Waals surface area contributed by atoms with Gasteiger partial charge in [0.25, 0.3) is 0 Å². The summed E-state index contributed by atoms with van der Waals surface area (Å²) in [5.41, 5.74) is 1.13. The van der Waals surface area contributed by atoms with Gasteiger partial charge in [-0.25, -0.2) is 4.39 Å². The number of piperidine rings is 3. The Balaban J connectivity index is 1.54. The van der Waals surface area contributed by atoms with Crippen LogP contribution in [-0.4, -0.2) is 74.4 Å². The Kier molecular flexibility index (Phi) is 5.25. The number of hydrogen-bond acceptors (Lipinski definition) is 4. The normalized spacial score (nSPS) is 32.7. The number of benzene rings is 1. The molecule has 4 heterocycles. The van der Waals surface area contributed by atoms with E-state index in [1.807, 2.05) is 17.0 Å². The second-order valence-corrected chi connectivity index (χ2v) is 7.60.